The largest absolute Gasteiger partial charge is 0.486 e. The predicted octanol–water partition coefficient (Wildman–Crippen LogP) is 5.37. The molecule has 166 valence electrons. The molecule has 3 aromatic rings. The number of amides is 2. The van der Waals surface area contributed by atoms with Crippen molar-refractivity contribution in [2.45, 2.75) is 38.5 Å². The summed E-state index contributed by atoms with van der Waals surface area (Å²) in [6.45, 7) is 0.965. The first-order valence-corrected chi connectivity index (χ1v) is 11.2. The number of anilines is 2. The van der Waals surface area contributed by atoms with Crippen LogP contribution in [0.4, 0.5) is 11.4 Å². The van der Waals surface area contributed by atoms with Crippen LogP contribution in [0.1, 0.15) is 49.1 Å². The van der Waals surface area contributed by atoms with Crippen LogP contribution in [0.3, 0.4) is 0 Å². The van der Waals surface area contributed by atoms with Gasteiger partial charge in [0.15, 0.2) is 11.5 Å². The van der Waals surface area contributed by atoms with E-state index in [1.807, 2.05) is 18.2 Å². The second kappa shape index (κ2) is 8.94. The molecule has 7 nitrogen and oxygen atoms in total. The van der Waals surface area contributed by atoms with Gasteiger partial charge in [0.1, 0.15) is 24.5 Å². The zero-order valence-corrected chi connectivity index (χ0v) is 17.8. The van der Waals surface area contributed by atoms with Gasteiger partial charge in [-0.1, -0.05) is 37.8 Å². The van der Waals surface area contributed by atoms with Crippen molar-refractivity contribution >= 4 is 34.2 Å². The van der Waals surface area contributed by atoms with Crippen molar-refractivity contribution in [1.29, 1.82) is 0 Å². The summed E-state index contributed by atoms with van der Waals surface area (Å²) in [6, 6.07) is 12.5. The predicted molar refractivity (Wildman–Crippen MR) is 121 cm³/mol. The van der Waals surface area contributed by atoms with Gasteiger partial charge in [0, 0.05) is 23.6 Å². The number of hydrogen-bond acceptors (Lipinski definition) is 5. The molecule has 2 amide bonds. The Labute approximate surface area is 186 Å². The minimum Gasteiger partial charge on any atom is -0.486 e. The Morgan fingerprint density at radius 3 is 2.56 bits per heavy atom. The molecule has 0 spiro atoms. The molecular weight excluding hydrogens is 408 g/mol. The molecule has 0 saturated heterocycles. The summed E-state index contributed by atoms with van der Waals surface area (Å²) in [6.07, 6.45) is 6.22. The quantitative estimate of drug-likeness (QED) is 0.545. The van der Waals surface area contributed by atoms with E-state index in [-0.39, 0.29) is 11.7 Å². The molecule has 7 heteroatoms. The Morgan fingerprint density at radius 2 is 1.72 bits per heavy atom. The van der Waals surface area contributed by atoms with Gasteiger partial charge in [-0.3, -0.25) is 9.59 Å². The highest BCUT2D eigenvalue weighted by atomic mass is 16.6. The molecule has 1 aliphatic heterocycles. The third-order valence-electron chi connectivity index (χ3n) is 6.12. The summed E-state index contributed by atoms with van der Waals surface area (Å²) >= 11 is 0. The highest BCUT2D eigenvalue weighted by Gasteiger charge is 2.24. The average molecular weight is 434 g/mol. The standard InChI is InChI=1S/C25H26N2O5/c28-22(12-9-16-5-1-2-6-16)27-23-18-7-3-4-8-19(18)32-24(23)25(29)26-17-10-11-20-21(15-17)31-14-13-30-20/h3-4,7-8,10-11,15-16H,1-2,5-6,9,12-14H2,(H,26,29)(H,27,28). The van der Waals surface area contributed by atoms with Gasteiger partial charge in [-0.15, -0.1) is 0 Å². The molecule has 0 radical (unpaired) electrons. The number of carbonyl (C=O) groups is 2. The molecule has 1 aromatic heterocycles. The van der Waals surface area contributed by atoms with Crippen molar-refractivity contribution in [2.24, 2.45) is 5.92 Å². The lowest BCUT2D eigenvalue weighted by molar-refractivity contribution is -0.116. The maximum absolute atomic E-state index is 13.1. The molecule has 5 rings (SSSR count). The first-order valence-electron chi connectivity index (χ1n) is 11.2. The number of para-hydroxylation sites is 1. The fourth-order valence-electron chi connectivity index (χ4n) is 4.47. The van der Waals surface area contributed by atoms with Gasteiger partial charge >= 0.3 is 0 Å². The second-order valence-corrected chi connectivity index (χ2v) is 8.35. The van der Waals surface area contributed by atoms with Crippen molar-refractivity contribution in [1.82, 2.24) is 0 Å². The fourth-order valence-corrected chi connectivity index (χ4v) is 4.47. The van der Waals surface area contributed by atoms with E-state index in [9.17, 15) is 9.59 Å². The highest BCUT2D eigenvalue weighted by molar-refractivity contribution is 6.14. The molecule has 0 unspecified atom stereocenters. The SMILES string of the molecule is O=C(CCC1CCCC1)Nc1c(C(=O)Nc2ccc3c(c2)OCCO3)oc2ccccc12. The van der Waals surface area contributed by atoms with Crippen LogP contribution < -0.4 is 20.1 Å². The van der Waals surface area contributed by atoms with Crippen molar-refractivity contribution in [3.8, 4) is 11.5 Å². The van der Waals surface area contributed by atoms with Gasteiger partial charge in [0.2, 0.25) is 11.7 Å². The topological polar surface area (TPSA) is 89.8 Å². The number of nitrogens with one attached hydrogen (secondary N) is 2. The monoisotopic (exact) mass is 434 g/mol. The third kappa shape index (κ3) is 4.28. The summed E-state index contributed by atoms with van der Waals surface area (Å²) in [5, 5.41) is 6.48. The number of ether oxygens (including phenoxy) is 2. The van der Waals surface area contributed by atoms with Crippen molar-refractivity contribution in [3.63, 3.8) is 0 Å². The van der Waals surface area contributed by atoms with Gasteiger partial charge in [-0.2, -0.15) is 0 Å². The minimum absolute atomic E-state index is 0.0790. The molecular formula is C25H26N2O5. The first-order chi connectivity index (χ1) is 15.7. The lowest BCUT2D eigenvalue weighted by Crippen LogP contribution is -2.18. The van der Waals surface area contributed by atoms with Gasteiger partial charge in [0.25, 0.3) is 5.91 Å². The van der Waals surface area contributed by atoms with Crippen LogP contribution in [0.15, 0.2) is 46.9 Å². The Morgan fingerprint density at radius 1 is 0.938 bits per heavy atom. The van der Waals surface area contributed by atoms with Crippen molar-refractivity contribution in [3.05, 3.63) is 48.2 Å². The average Bonchev–Trinajstić information content (AvgIpc) is 3.46. The zero-order valence-electron chi connectivity index (χ0n) is 17.8. The van der Waals surface area contributed by atoms with Crippen molar-refractivity contribution < 1.29 is 23.5 Å². The molecule has 0 atom stereocenters. The zero-order chi connectivity index (χ0) is 21.9. The molecule has 1 saturated carbocycles. The van der Waals surface area contributed by atoms with E-state index in [2.05, 4.69) is 10.6 Å². The lowest BCUT2D eigenvalue weighted by Gasteiger charge is -2.18. The van der Waals surface area contributed by atoms with Crippen LogP contribution in [0.25, 0.3) is 11.0 Å². The van der Waals surface area contributed by atoms with Crippen LogP contribution in [0.5, 0.6) is 11.5 Å². The molecule has 2 aliphatic rings. The Kier molecular flexibility index (Phi) is 5.71. The maximum atomic E-state index is 13.1. The van der Waals surface area contributed by atoms with Crippen LogP contribution in [-0.2, 0) is 4.79 Å². The maximum Gasteiger partial charge on any atom is 0.293 e. The van der Waals surface area contributed by atoms with Crippen LogP contribution in [0, 0.1) is 5.92 Å². The first kappa shape index (κ1) is 20.4. The van der Waals surface area contributed by atoms with Crippen LogP contribution >= 0.6 is 0 Å². The van der Waals surface area contributed by atoms with Crippen LogP contribution in [-0.4, -0.2) is 25.0 Å². The van der Waals surface area contributed by atoms with Gasteiger partial charge < -0.3 is 24.5 Å². The summed E-state index contributed by atoms with van der Waals surface area (Å²) in [7, 11) is 0. The molecule has 1 fully saturated rings. The van der Waals surface area contributed by atoms with Gasteiger partial charge in [0.05, 0.1) is 0 Å². The number of rotatable bonds is 6. The van der Waals surface area contributed by atoms with E-state index in [4.69, 9.17) is 13.9 Å². The Hall–Kier alpha value is -3.48. The van der Waals surface area contributed by atoms with E-state index in [0.717, 1.165) is 6.42 Å². The number of fused-ring (bicyclic) bond motifs is 2. The molecule has 1 aliphatic carbocycles. The molecule has 2 aromatic carbocycles. The third-order valence-corrected chi connectivity index (χ3v) is 6.12. The number of hydrogen-bond donors (Lipinski definition) is 2. The normalized spacial score (nSPS) is 15.6. The molecule has 32 heavy (non-hydrogen) atoms. The molecule has 0 bridgehead atoms. The number of carbonyl (C=O) groups excluding carboxylic acids is 2. The summed E-state index contributed by atoms with van der Waals surface area (Å²) < 4.78 is 17.0. The fraction of sp³-hybridized carbons (Fsp3) is 0.360. The summed E-state index contributed by atoms with van der Waals surface area (Å²) in [4.78, 5) is 25.8. The van der Waals surface area contributed by atoms with Gasteiger partial charge in [-0.25, -0.2) is 0 Å². The molecule has 2 N–H and O–H groups in total. The Balaban J connectivity index is 1.35. The molecule has 2 heterocycles. The van der Waals surface area contributed by atoms with E-state index in [0.29, 0.717) is 59.4 Å². The smallest absolute Gasteiger partial charge is 0.293 e. The summed E-state index contributed by atoms with van der Waals surface area (Å²) in [5.74, 6) is 1.39. The minimum atomic E-state index is -0.441. The van der Waals surface area contributed by atoms with E-state index in [1.54, 1.807) is 24.3 Å². The summed E-state index contributed by atoms with van der Waals surface area (Å²) in [5.41, 5.74) is 1.51. The lowest BCUT2D eigenvalue weighted by atomic mass is 10.0. The van der Waals surface area contributed by atoms with E-state index >= 15 is 0 Å². The van der Waals surface area contributed by atoms with Crippen molar-refractivity contribution in [2.75, 3.05) is 23.8 Å². The van der Waals surface area contributed by atoms with Crippen LogP contribution in [0.2, 0.25) is 0 Å². The Bertz CT molecular complexity index is 1150. The van der Waals surface area contributed by atoms with E-state index < -0.39 is 5.91 Å². The van der Waals surface area contributed by atoms with Gasteiger partial charge in [-0.05, 0) is 36.6 Å². The second-order valence-electron chi connectivity index (χ2n) is 8.35. The number of benzene rings is 2. The number of furan rings is 1. The van der Waals surface area contributed by atoms with E-state index in [1.165, 1.54) is 25.7 Å². The highest BCUT2D eigenvalue weighted by Crippen LogP contribution is 2.35.